The van der Waals surface area contributed by atoms with Crippen molar-refractivity contribution in [1.29, 1.82) is 0 Å². The Labute approximate surface area is 207 Å². The summed E-state index contributed by atoms with van der Waals surface area (Å²) in [6.07, 6.45) is 2.48. The minimum atomic E-state index is -4.67. The summed E-state index contributed by atoms with van der Waals surface area (Å²) < 4.78 is 80.7. The van der Waals surface area contributed by atoms with Crippen LogP contribution in [0.15, 0.2) is 60.7 Å². The lowest BCUT2D eigenvalue weighted by Gasteiger charge is -2.28. The highest BCUT2D eigenvalue weighted by atomic mass is 19.4. The third-order valence-electron chi connectivity index (χ3n) is 7.06. The zero-order valence-electron chi connectivity index (χ0n) is 20.0. The van der Waals surface area contributed by atoms with E-state index >= 15 is 4.39 Å². The third-order valence-corrected chi connectivity index (χ3v) is 7.06. The van der Waals surface area contributed by atoms with Crippen LogP contribution in [0.2, 0.25) is 0 Å². The molecule has 0 radical (unpaired) electrons. The van der Waals surface area contributed by atoms with Crippen molar-refractivity contribution in [2.24, 2.45) is 5.92 Å². The van der Waals surface area contributed by atoms with Gasteiger partial charge in [-0.05, 0) is 84.0 Å². The monoisotopic (exact) mass is 502 g/mol. The molecule has 1 aliphatic rings. The van der Waals surface area contributed by atoms with Crippen molar-refractivity contribution in [1.82, 2.24) is 0 Å². The Kier molecular flexibility index (Phi) is 7.91. The molecule has 0 unspecified atom stereocenters. The lowest BCUT2D eigenvalue weighted by atomic mass is 9.77. The Morgan fingerprint density at radius 3 is 1.92 bits per heavy atom. The first-order valence-corrected chi connectivity index (χ1v) is 12.3. The quantitative estimate of drug-likeness (QED) is 0.294. The maximum absolute atomic E-state index is 15.0. The fourth-order valence-corrected chi connectivity index (χ4v) is 5.14. The molecule has 0 amide bonds. The van der Waals surface area contributed by atoms with Crippen molar-refractivity contribution in [2.45, 2.75) is 57.5 Å². The summed E-state index contributed by atoms with van der Waals surface area (Å²) >= 11 is 0. The van der Waals surface area contributed by atoms with E-state index in [1.807, 2.05) is 6.07 Å². The molecule has 1 aliphatic carbocycles. The molecule has 36 heavy (non-hydrogen) atoms. The molecule has 0 aliphatic heterocycles. The van der Waals surface area contributed by atoms with Crippen molar-refractivity contribution in [3.05, 3.63) is 89.3 Å². The summed E-state index contributed by atoms with van der Waals surface area (Å²) in [5.74, 6) is -1.35. The molecule has 1 fully saturated rings. The lowest BCUT2D eigenvalue weighted by molar-refractivity contribution is -0.0790. The van der Waals surface area contributed by atoms with Crippen LogP contribution in [-0.4, -0.2) is 6.18 Å². The summed E-state index contributed by atoms with van der Waals surface area (Å²) in [7, 11) is 0. The van der Waals surface area contributed by atoms with Crippen LogP contribution < -0.4 is 0 Å². The predicted octanol–water partition coefficient (Wildman–Crippen LogP) is 10.1. The van der Waals surface area contributed by atoms with Gasteiger partial charge in [0.15, 0.2) is 0 Å². The molecule has 0 aromatic heterocycles. The van der Waals surface area contributed by atoms with E-state index in [2.05, 4.69) is 6.92 Å². The van der Waals surface area contributed by atoms with Crippen molar-refractivity contribution < 1.29 is 26.3 Å². The van der Waals surface area contributed by atoms with Gasteiger partial charge in [0, 0.05) is 17.2 Å². The van der Waals surface area contributed by atoms with Crippen LogP contribution in [0.4, 0.5) is 26.3 Å². The molecular formula is C30H28F6. The van der Waals surface area contributed by atoms with E-state index in [4.69, 9.17) is 0 Å². The highest BCUT2D eigenvalue weighted by molar-refractivity contribution is 5.72. The maximum Gasteiger partial charge on any atom is 0.409 e. The van der Waals surface area contributed by atoms with Gasteiger partial charge in [0.2, 0.25) is 0 Å². The molecule has 190 valence electrons. The van der Waals surface area contributed by atoms with Crippen LogP contribution in [0, 0.1) is 23.4 Å². The fraction of sp³-hybridized carbons (Fsp3) is 0.333. The Morgan fingerprint density at radius 1 is 0.750 bits per heavy atom. The van der Waals surface area contributed by atoms with Crippen molar-refractivity contribution >= 4 is 6.08 Å². The highest BCUT2D eigenvalue weighted by Crippen LogP contribution is 2.39. The van der Waals surface area contributed by atoms with E-state index in [0.717, 1.165) is 36.5 Å². The van der Waals surface area contributed by atoms with Crippen molar-refractivity contribution in [3.63, 3.8) is 0 Å². The Bertz CT molecular complexity index is 1190. The van der Waals surface area contributed by atoms with E-state index < -0.39 is 23.4 Å². The minimum absolute atomic E-state index is 0.176. The van der Waals surface area contributed by atoms with Gasteiger partial charge in [0.1, 0.15) is 17.5 Å². The van der Waals surface area contributed by atoms with E-state index in [9.17, 15) is 22.0 Å². The highest BCUT2D eigenvalue weighted by Gasteiger charge is 2.24. The molecule has 3 aromatic rings. The normalized spacial score (nSPS) is 18.6. The van der Waals surface area contributed by atoms with E-state index in [1.54, 1.807) is 36.4 Å². The number of hydrogen-bond acceptors (Lipinski definition) is 0. The zero-order valence-corrected chi connectivity index (χ0v) is 20.0. The van der Waals surface area contributed by atoms with Gasteiger partial charge in [-0.2, -0.15) is 13.2 Å². The number of benzene rings is 3. The Balaban J connectivity index is 1.50. The Hall–Kier alpha value is -3.02. The molecular weight excluding hydrogens is 474 g/mol. The molecule has 0 heterocycles. The van der Waals surface area contributed by atoms with Gasteiger partial charge >= 0.3 is 6.18 Å². The minimum Gasteiger partial charge on any atom is -0.206 e. The molecule has 0 spiro atoms. The topological polar surface area (TPSA) is 0 Å². The summed E-state index contributed by atoms with van der Waals surface area (Å²) in [4.78, 5) is 0. The van der Waals surface area contributed by atoms with E-state index in [-0.39, 0.29) is 17.5 Å². The second kappa shape index (κ2) is 10.9. The number of allylic oxidation sites excluding steroid dienone is 1. The summed E-state index contributed by atoms with van der Waals surface area (Å²) in [6, 6.07) is 13.9. The molecule has 1 saturated carbocycles. The average Bonchev–Trinajstić information content (AvgIpc) is 2.83. The van der Waals surface area contributed by atoms with E-state index in [0.29, 0.717) is 28.7 Å². The van der Waals surface area contributed by atoms with Gasteiger partial charge in [-0.1, -0.05) is 56.2 Å². The maximum atomic E-state index is 15.0. The predicted molar refractivity (Wildman–Crippen MR) is 132 cm³/mol. The van der Waals surface area contributed by atoms with Crippen molar-refractivity contribution in [2.75, 3.05) is 0 Å². The van der Waals surface area contributed by atoms with Gasteiger partial charge in [0.25, 0.3) is 0 Å². The first-order chi connectivity index (χ1) is 17.1. The molecule has 3 aromatic carbocycles. The second-order valence-electron chi connectivity index (χ2n) is 9.55. The van der Waals surface area contributed by atoms with Gasteiger partial charge in [-0.25, -0.2) is 13.2 Å². The van der Waals surface area contributed by atoms with Crippen LogP contribution in [0.1, 0.15) is 62.5 Å². The molecule has 0 atom stereocenters. The number of hydrogen-bond donors (Lipinski definition) is 0. The zero-order chi connectivity index (χ0) is 25.9. The molecule has 0 bridgehead atoms. The standard InChI is InChI=1S/C30H28F6/c1-2-3-19-4-6-20(7-5-19)23-12-13-25(27(31)16-23)22-10-8-21(9-11-22)24-17-28(32)26(29(33)18-24)14-15-30(34,35)36/h8-20H,2-7H2,1H3/b15-14+. The molecule has 4 rings (SSSR count). The molecule has 0 saturated heterocycles. The van der Waals surface area contributed by atoms with Crippen LogP contribution >= 0.6 is 0 Å². The molecule has 0 N–H and O–H groups in total. The summed E-state index contributed by atoms with van der Waals surface area (Å²) in [5, 5.41) is 0. The van der Waals surface area contributed by atoms with Crippen LogP contribution in [-0.2, 0) is 0 Å². The summed E-state index contributed by atoms with van der Waals surface area (Å²) in [6.45, 7) is 2.21. The van der Waals surface area contributed by atoms with Crippen LogP contribution in [0.25, 0.3) is 28.3 Å². The second-order valence-corrected chi connectivity index (χ2v) is 9.55. The van der Waals surface area contributed by atoms with Crippen LogP contribution in [0.3, 0.4) is 0 Å². The van der Waals surface area contributed by atoms with Gasteiger partial charge in [-0.15, -0.1) is 0 Å². The molecule has 6 heteroatoms. The smallest absolute Gasteiger partial charge is 0.206 e. The SMILES string of the molecule is CCCC1CCC(c2ccc(-c3ccc(-c4cc(F)c(/C=C/C(F)(F)F)c(F)c4)cc3)c(F)c2)CC1. The largest absolute Gasteiger partial charge is 0.409 e. The number of halogens is 6. The first kappa shape index (κ1) is 26.1. The van der Waals surface area contributed by atoms with Gasteiger partial charge < -0.3 is 0 Å². The average molecular weight is 503 g/mol. The number of rotatable bonds is 6. The molecule has 0 nitrogen and oxygen atoms in total. The van der Waals surface area contributed by atoms with Crippen molar-refractivity contribution in [3.8, 4) is 22.3 Å². The Morgan fingerprint density at radius 2 is 1.36 bits per heavy atom. The van der Waals surface area contributed by atoms with Crippen LogP contribution in [0.5, 0.6) is 0 Å². The lowest BCUT2D eigenvalue weighted by Crippen LogP contribution is -2.13. The number of alkyl halides is 3. The van der Waals surface area contributed by atoms with Gasteiger partial charge in [-0.3, -0.25) is 0 Å². The first-order valence-electron chi connectivity index (χ1n) is 12.3. The van der Waals surface area contributed by atoms with E-state index in [1.165, 1.54) is 25.7 Å². The fourth-order valence-electron chi connectivity index (χ4n) is 5.14. The van der Waals surface area contributed by atoms with Gasteiger partial charge in [0.05, 0.1) is 0 Å². The third kappa shape index (κ3) is 6.21. The summed E-state index contributed by atoms with van der Waals surface area (Å²) in [5.41, 5.74) is 1.97.